The minimum Gasteiger partial charge on any atom is -0.308 e. The summed E-state index contributed by atoms with van der Waals surface area (Å²) in [7, 11) is 4.31. The Morgan fingerprint density at radius 3 is 2.38 bits per heavy atom. The molecule has 3 nitrogen and oxygen atoms in total. The van der Waals surface area contributed by atoms with E-state index in [0.29, 0.717) is 6.54 Å². The average Bonchev–Trinajstić information content (AvgIpc) is 2.48. The number of benzene rings is 1. The number of hydrogen-bond donors (Lipinski definition) is 1. The van der Waals surface area contributed by atoms with E-state index in [1.54, 1.807) is 0 Å². The van der Waals surface area contributed by atoms with E-state index in [4.69, 9.17) is 0 Å². The number of nitrogens with zero attached hydrogens (tertiary/aromatic N) is 1. The Morgan fingerprint density at radius 2 is 1.81 bits per heavy atom. The number of hydrogen-bond acceptors (Lipinski definition) is 3. The van der Waals surface area contributed by atoms with Gasteiger partial charge in [0.15, 0.2) is 5.78 Å². The molecule has 1 N–H and O–H groups in total. The fraction of sp³-hybridized carbons (Fsp3) is 0.588. The molecule has 1 aliphatic carbocycles. The first-order valence-electron chi connectivity index (χ1n) is 7.70. The van der Waals surface area contributed by atoms with Gasteiger partial charge in [0.1, 0.15) is 0 Å². The summed E-state index contributed by atoms with van der Waals surface area (Å²) in [5, 5.41) is 3.39. The molecule has 1 aliphatic rings. The highest BCUT2D eigenvalue weighted by atomic mass is 79.9. The van der Waals surface area contributed by atoms with Gasteiger partial charge in [0, 0.05) is 22.1 Å². The molecule has 1 fully saturated rings. The molecule has 1 aromatic rings. The third kappa shape index (κ3) is 4.38. The number of ketones is 1. The summed E-state index contributed by atoms with van der Waals surface area (Å²) in [6, 6.07) is 7.57. The lowest BCUT2D eigenvalue weighted by Gasteiger charge is -2.43. The summed E-state index contributed by atoms with van der Waals surface area (Å²) in [4.78, 5) is 14.5. The highest BCUT2D eigenvalue weighted by molar-refractivity contribution is 9.10. The van der Waals surface area contributed by atoms with Crippen molar-refractivity contribution < 1.29 is 4.79 Å². The van der Waals surface area contributed by atoms with Crippen molar-refractivity contribution in [2.24, 2.45) is 0 Å². The van der Waals surface area contributed by atoms with Gasteiger partial charge in [-0.2, -0.15) is 0 Å². The van der Waals surface area contributed by atoms with Crippen molar-refractivity contribution in [3.8, 4) is 0 Å². The highest BCUT2D eigenvalue weighted by Crippen LogP contribution is 2.31. The third-order valence-corrected chi connectivity index (χ3v) is 5.17. The fourth-order valence-corrected chi connectivity index (χ4v) is 3.40. The number of halogens is 1. The smallest absolute Gasteiger partial charge is 0.176 e. The zero-order valence-electron chi connectivity index (χ0n) is 13.0. The van der Waals surface area contributed by atoms with E-state index in [2.05, 4.69) is 40.2 Å². The van der Waals surface area contributed by atoms with Crippen molar-refractivity contribution in [3.05, 3.63) is 34.3 Å². The van der Waals surface area contributed by atoms with Crippen molar-refractivity contribution in [2.45, 2.75) is 37.6 Å². The summed E-state index contributed by atoms with van der Waals surface area (Å²) in [6.45, 7) is 1.31. The lowest BCUT2D eigenvalue weighted by atomic mass is 9.80. The second-order valence-electron chi connectivity index (χ2n) is 6.21. The van der Waals surface area contributed by atoms with Crippen molar-refractivity contribution in [1.29, 1.82) is 0 Å². The van der Waals surface area contributed by atoms with Gasteiger partial charge in [-0.15, -0.1) is 0 Å². The molecule has 1 aromatic carbocycles. The van der Waals surface area contributed by atoms with Crippen LogP contribution in [0.2, 0.25) is 0 Å². The molecule has 0 radical (unpaired) electrons. The van der Waals surface area contributed by atoms with Crippen molar-refractivity contribution >= 4 is 21.7 Å². The maximum absolute atomic E-state index is 12.2. The molecule has 0 aliphatic heterocycles. The molecule has 21 heavy (non-hydrogen) atoms. The molecule has 0 amide bonds. The Kier molecular flexibility index (Phi) is 5.97. The minimum atomic E-state index is 0.159. The maximum Gasteiger partial charge on any atom is 0.176 e. The number of carbonyl (C=O) groups is 1. The van der Waals surface area contributed by atoms with E-state index in [9.17, 15) is 4.79 Å². The van der Waals surface area contributed by atoms with Crippen LogP contribution < -0.4 is 5.32 Å². The van der Waals surface area contributed by atoms with E-state index in [1.807, 2.05) is 24.3 Å². The zero-order chi connectivity index (χ0) is 15.3. The van der Waals surface area contributed by atoms with Gasteiger partial charge in [0.05, 0.1) is 6.54 Å². The zero-order valence-corrected chi connectivity index (χ0v) is 14.6. The predicted molar refractivity (Wildman–Crippen MR) is 90.8 cm³/mol. The van der Waals surface area contributed by atoms with Gasteiger partial charge in [0.2, 0.25) is 0 Å². The lowest BCUT2D eigenvalue weighted by Crippen LogP contribution is -2.53. The average molecular weight is 353 g/mol. The number of rotatable bonds is 6. The van der Waals surface area contributed by atoms with Gasteiger partial charge in [0.25, 0.3) is 0 Å². The predicted octanol–water partition coefficient (Wildman–Crippen LogP) is 3.49. The Morgan fingerprint density at radius 1 is 1.19 bits per heavy atom. The molecule has 2 rings (SSSR count). The third-order valence-electron chi connectivity index (χ3n) is 4.64. The second kappa shape index (κ2) is 7.52. The van der Waals surface area contributed by atoms with E-state index >= 15 is 0 Å². The van der Waals surface area contributed by atoms with E-state index in [-0.39, 0.29) is 11.3 Å². The van der Waals surface area contributed by atoms with Gasteiger partial charge < -0.3 is 10.2 Å². The van der Waals surface area contributed by atoms with Crippen LogP contribution in [0.5, 0.6) is 0 Å². The van der Waals surface area contributed by atoms with Crippen LogP contribution >= 0.6 is 15.9 Å². The summed E-state index contributed by atoms with van der Waals surface area (Å²) in [5.74, 6) is 0.159. The van der Waals surface area contributed by atoms with Gasteiger partial charge >= 0.3 is 0 Å². The van der Waals surface area contributed by atoms with Crippen LogP contribution in [0.3, 0.4) is 0 Å². The van der Waals surface area contributed by atoms with E-state index in [0.717, 1.165) is 16.6 Å². The van der Waals surface area contributed by atoms with Crippen molar-refractivity contribution in [1.82, 2.24) is 10.2 Å². The normalized spacial score (nSPS) is 17.9. The SMILES string of the molecule is CN(C)C1(CNCC(=O)c2ccc(Br)cc2)CCCCC1. The Balaban J connectivity index is 1.87. The van der Waals surface area contributed by atoms with Gasteiger partial charge in [-0.05, 0) is 39.1 Å². The van der Waals surface area contributed by atoms with Crippen LogP contribution in [0.15, 0.2) is 28.7 Å². The second-order valence-corrected chi connectivity index (χ2v) is 7.13. The van der Waals surface area contributed by atoms with Crippen LogP contribution in [0.4, 0.5) is 0 Å². The molecule has 1 saturated carbocycles. The van der Waals surface area contributed by atoms with E-state index in [1.165, 1.54) is 32.1 Å². The summed E-state index contributed by atoms with van der Waals surface area (Å²) < 4.78 is 1.00. The quantitative estimate of drug-likeness (QED) is 0.795. The Bertz CT molecular complexity index is 464. The number of likely N-dealkylation sites (N-methyl/N-ethyl adjacent to an activating group) is 1. The molecule has 0 saturated heterocycles. The van der Waals surface area contributed by atoms with Gasteiger partial charge in [-0.25, -0.2) is 0 Å². The molecule has 0 bridgehead atoms. The summed E-state index contributed by atoms with van der Waals surface area (Å²) >= 11 is 3.39. The first kappa shape index (κ1) is 16.7. The highest BCUT2D eigenvalue weighted by Gasteiger charge is 2.33. The Labute approximate surface area is 136 Å². The largest absolute Gasteiger partial charge is 0.308 e. The number of carbonyl (C=O) groups excluding carboxylic acids is 1. The monoisotopic (exact) mass is 352 g/mol. The van der Waals surface area contributed by atoms with E-state index < -0.39 is 0 Å². The van der Waals surface area contributed by atoms with Crippen LogP contribution in [-0.2, 0) is 0 Å². The molecule has 0 aromatic heterocycles. The van der Waals surface area contributed by atoms with Crippen LogP contribution in [0.25, 0.3) is 0 Å². The van der Waals surface area contributed by atoms with Crippen LogP contribution in [-0.4, -0.2) is 43.4 Å². The fourth-order valence-electron chi connectivity index (χ4n) is 3.14. The van der Waals surface area contributed by atoms with Crippen LogP contribution in [0.1, 0.15) is 42.5 Å². The summed E-state index contributed by atoms with van der Waals surface area (Å²) in [6.07, 6.45) is 6.37. The first-order valence-corrected chi connectivity index (χ1v) is 8.50. The maximum atomic E-state index is 12.2. The standard InChI is InChI=1S/C17H25BrN2O/c1-20(2)17(10-4-3-5-11-17)13-19-12-16(21)14-6-8-15(18)9-7-14/h6-9,19H,3-5,10-13H2,1-2H3. The molecule has 0 unspecified atom stereocenters. The molecule has 0 atom stereocenters. The number of Topliss-reactive ketones (excluding diaryl/α,β-unsaturated/α-hetero) is 1. The Hall–Kier alpha value is -0.710. The summed E-state index contributed by atoms with van der Waals surface area (Å²) in [5.41, 5.74) is 0.992. The van der Waals surface area contributed by atoms with Crippen LogP contribution in [0, 0.1) is 0 Å². The molecule has 116 valence electrons. The minimum absolute atomic E-state index is 0.159. The first-order chi connectivity index (χ1) is 10.0. The number of nitrogens with one attached hydrogen (secondary N) is 1. The van der Waals surface area contributed by atoms with Crippen molar-refractivity contribution in [3.63, 3.8) is 0 Å². The van der Waals surface area contributed by atoms with Gasteiger partial charge in [-0.3, -0.25) is 4.79 Å². The molecular weight excluding hydrogens is 328 g/mol. The lowest BCUT2D eigenvalue weighted by molar-refractivity contribution is 0.0905. The van der Waals surface area contributed by atoms with Gasteiger partial charge in [-0.1, -0.05) is 47.3 Å². The van der Waals surface area contributed by atoms with Crippen molar-refractivity contribution in [2.75, 3.05) is 27.2 Å². The topological polar surface area (TPSA) is 32.3 Å². The molecule has 0 spiro atoms. The molecule has 0 heterocycles. The molecular formula is C17H25BrN2O. The molecule has 4 heteroatoms.